The molecule has 1 amide bonds. The van der Waals surface area contributed by atoms with Crippen molar-refractivity contribution in [3.05, 3.63) is 59.9 Å². The highest BCUT2D eigenvalue weighted by Crippen LogP contribution is 2.26. The minimum absolute atomic E-state index is 0.119. The number of benzene rings is 2. The molecule has 29 heavy (non-hydrogen) atoms. The number of rotatable bonds is 6. The molecule has 1 saturated heterocycles. The van der Waals surface area contributed by atoms with Crippen LogP contribution in [0.3, 0.4) is 0 Å². The van der Waals surface area contributed by atoms with Gasteiger partial charge in [0.2, 0.25) is 0 Å². The third kappa shape index (κ3) is 4.31. The molecule has 0 unspecified atom stereocenters. The van der Waals surface area contributed by atoms with E-state index in [2.05, 4.69) is 20.2 Å². The number of hydrogen-bond acceptors (Lipinski definition) is 5. The Kier molecular flexibility index (Phi) is 5.89. The first-order valence-corrected chi connectivity index (χ1v) is 10.2. The van der Waals surface area contributed by atoms with Gasteiger partial charge in [-0.3, -0.25) is 4.79 Å². The van der Waals surface area contributed by atoms with Gasteiger partial charge in [-0.25, -0.2) is 9.97 Å². The third-order valence-electron chi connectivity index (χ3n) is 5.24. The molecule has 1 aromatic heterocycles. The first-order valence-electron chi connectivity index (χ1n) is 10.2. The number of carbonyl (C=O) groups is 1. The van der Waals surface area contributed by atoms with E-state index in [1.54, 1.807) is 6.33 Å². The second-order valence-electron chi connectivity index (χ2n) is 7.20. The molecule has 1 fully saturated rings. The quantitative estimate of drug-likeness (QED) is 0.690. The maximum Gasteiger partial charge on any atom is 0.251 e. The van der Waals surface area contributed by atoms with Crippen molar-refractivity contribution in [1.82, 2.24) is 15.3 Å². The van der Waals surface area contributed by atoms with E-state index in [9.17, 15) is 4.79 Å². The van der Waals surface area contributed by atoms with Crippen molar-refractivity contribution in [2.24, 2.45) is 0 Å². The second kappa shape index (κ2) is 8.90. The Morgan fingerprint density at radius 3 is 2.76 bits per heavy atom. The van der Waals surface area contributed by atoms with Gasteiger partial charge >= 0.3 is 0 Å². The number of para-hydroxylation sites is 1. The van der Waals surface area contributed by atoms with E-state index >= 15 is 0 Å². The molecule has 1 N–H and O–H groups in total. The number of aromatic nitrogens is 2. The fraction of sp³-hybridized carbons (Fsp3) is 0.348. The van der Waals surface area contributed by atoms with E-state index in [4.69, 9.17) is 4.74 Å². The highest BCUT2D eigenvalue weighted by atomic mass is 16.5. The molecular formula is C23H26N4O2. The summed E-state index contributed by atoms with van der Waals surface area (Å²) in [5, 5.41) is 3.93. The first kappa shape index (κ1) is 19.2. The maximum absolute atomic E-state index is 12.8. The third-order valence-corrected chi connectivity index (χ3v) is 5.24. The normalized spacial score (nSPS) is 14.0. The van der Waals surface area contributed by atoms with Crippen molar-refractivity contribution in [1.29, 1.82) is 0 Å². The minimum atomic E-state index is -0.119. The van der Waals surface area contributed by atoms with E-state index < -0.39 is 0 Å². The van der Waals surface area contributed by atoms with Gasteiger partial charge in [-0.05, 0) is 50.5 Å². The van der Waals surface area contributed by atoms with Gasteiger partial charge in [0.15, 0.2) is 0 Å². The number of piperidine rings is 1. The zero-order chi connectivity index (χ0) is 20.1. The van der Waals surface area contributed by atoms with Crippen molar-refractivity contribution >= 4 is 22.6 Å². The molecule has 1 aliphatic heterocycles. The van der Waals surface area contributed by atoms with Crippen molar-refractivity contribution in [3.63, 3.8) is 0 Å². The molecule has 6 nitrogen and oxygen atoms in total. The van der Waals surface area contributed by atoms with Crippen LogP contribution in [0.4, 0.5) is 5.82 Å². The van der Waals surface area contributed by atoms with Gasteiger partial charge in [0.25, 0.3) is 5.91 Å². The molecule has 0 aliphatic carbocycles. The monoisotopic (exact) mass is 390 g/mol. The number of carbonyl (C=O) groups excluding carboxylic acids is 1. The molecule has 2 heterocycles. The predicted octanol–water partition coefficient (Wildman–Crippen LogP) is 3.95. The lowest BCUT2D eigenvalue weighted by Gasteiger charge is -2.28. The largest absolute Gasteiger partial charge is 0.494 e. The standard InChI is InChI=1S/C23H26N4O2/c1-2-29-21-9-5-4-8-18(21)15-24-23(28)17-10-11-20-19(14-17)22(26-16-25-20)27-12-6-3-7-13-27/h4-5,8-11,14,16H,2-3,6-7,12-13,15H2,1H3,(H,24,28). The number of nitrogens with one attached hydrogen (secondary N) is 1. The number of anilines is 1. The van der Waals surface area contributed by atoms with Gasteiger partial charge in [0, 0.05) is 36.1 Å². The lowest BCUT2D eigenvalue weighted by Crippen LogP contribution is -2.30. The minimum Gasteiger partial charge on any atom is -0.494 e. The lowest BCUT2D eigenvalue weighted by molar-refractivity contribution is 0.0951. The maximum atomic E-state index is 12.8. The summed E-state index contributed by atoms with van der Waals surface area (Å²) in [5.41, 5.74) is 2.43. The molecule has 0 radical (unpaired) electrons. The van der Waals surface area contributed by atoms with Crippen LogP contribution in [0.2, 0.25) is 0 Å². The predicted molar refractivity (Wildman–Crippen MR) is 114 cm³/mol. The van der Waals surface area contributed by atoms with Crippen molar-refractivity contribution in [2.45, 2.75) is 32.7 Å². The fourth-order valence-electron chi connectivity index (χ4n) is 3.77. The van der Waals surface area contributed by atoms with Crippen LogP contribution in [0.5, 0.6) is 5.75 Å². The summed E-state index contributed by atoms with van der Waals surface area (Å²) in [7, 11) is 0. The number of ether oxygens (including phenoxy) is 1. The van der Waals surface area contributed by atoms with E-state index in [1.165, 1.54) is 19.3 Å². The van der Waals surface area contributed by atoms with Gasteiger partial charge in [0.05, 0.1) is 12.1 Å². The summed E-state index contributed by atoms with van der Waals surface area (Å²) in [4.78, 5) is 24.0. The fourth-order valence-corrected chi connectivity index (χ4v) is 3.77. The zero-order valence-corrected chi connectivity index (χ0v) is 16.7. The Hall–Kier alpha value is -3.15. The topological polar surface area (TPSA) is 67.3 Å². The van der Waals surface area contributed by atoms with Crippen LogP contribution in [0, 0.1) is 0 Å². The van der Waals surface area contributed by atoms with Crippen LogP contribution < -0.4 is 15.0 Å². The van der Waals surface area contributed by atoms with Crippen LogP contribution >= 0.6 is 0 Å². The Bertz CT molecular complexity index is 999. The Morgan fingerprint density at radius 2 is 1.93 bits per heavy atom. The molecule has 0 bridgehead atoms. The van der Waals surface area contributed by atoms with Crippen molar-refractivity contribution < 1.29 is 9.53 Å². The van der Waals surface area contributed by atoms with E-state index in [0.717, 1.165) is 41.1 Å². The van der Waals surface area contributed by atoms with E-state index in [-0.39, 0.29) is 5.91 Å². The van der Waals surface area contributed by atoms with Crippen molar-refractivity contribution in [2.75, 3.05) is 24.6 Å². The summed E-state index contributed by atoms with van der Waals surface area (Å²) >= 11 is 0. The van der Waals surface area contributed by atoms with Crippen LogP contribution in [0.15, 0.2) is 48.8 Å². The molecule has 1 aliphatic rings. The average Bonchev–Trinajstić information content (AvgIpc) is 2.78. The summed E-state index contributed by atoms with van der Waals surface area (Å²) in [6.45, 7) is 4.95. The number of fused-ring (bicyclic) bond motifs is 1. The zero-order valence-electron chi connectivity index (χ0n) is 16.7. The van der Waals surface area contributed by atoms with E-state index in [0.29, 0.717) is 18.7 Å². The number of hydrogen-bond donors (Lipinski definition) is 1. The smallest absolute Gasteiger partial charge is 0.251 e. The Labute approximate surface area is 170 Å². The summed E-state index contributed by atoms with van der Waals surface area (Å²) in [5.74, 6) is 1.60. The molecule has 2 aromatic carbocycles. The summed E-state index contributed by atoms with van der Waals surface area (Å²) < 4.78 is 5.64. The molecule has 4 rings (SSSR count). The van der Waals surface area contributed by atoms with Crippen LogP contribution in [-0.2, 0) is 6.54 Å². The van der Waals surface area contributed by atoms with Crippen LogP contribution in [0.25, 0.3) is 10.9 Å². The SMILES string of the molecule is CCOc1ccccc1CNC(=O)c1ccc2ncnc(N3CCCCC3)c2c1. The molecule has 0 spiro atoms. The Morgan fingerprint density at radius 1 is 1.10 bits per heavy atom. The highest BCUT2D eigenvalue weighted by Gasteiger charge is 2.17. The van der Waals surface area contributed by atoms with Gasteiger partial charge < -0.3 is 15.0 Å². The highest BCUT2D eigenvalue weighted by molar-refractivity contribution is 6.00. The first-order chi connectivity index (χ1) is 14.3. The molecule has 0 atom stereocenters. The lowest BCUT2D eigenvalue weighted by atomic mass is 10.1. The number of nitrogens with zero attached hydrogens (tertiary/aromatic N) is 3. The average molecular weight is 390 g/mol. The molecule has 6 heteroatoms. The molecular weight excluding hydrogens is 364 g/mol. The molecule has 3 aromatic rings. The summed E-state index contributed by atoms with van der Waals surface area (Å²) in [6, 6.07) is 13.4. The summed E-state index contributed by atoms with van der Waals surface area (Å²) in [6.07, 6.45) is 5.21. The van der Waals surface area contributed by atoms with Gasteiger partial charge in [-0.15, -0.1) is 0 Å². The van der Waals surface area contributed by atoms with E-state index in [1.807, 2.05) is 49.4 Å². The van der Waals surface area contributed by atoms with Crippen LogP contribution in [0.1, 0.15) is 42.1 Å². The second-order valence-corrected chi connectivity index (χ2v) is 7.20. The van der Waals surface area contributed by atoms with Crippen LogP contribution in [-0.4, -0.2) is 35.6 Å². The van der Waals surface area contributed by atoms with Gasteiger partial charge in [-0.1, -0.05) is 18.2 Å². The van der Waals surface area contributed by atoms with Gasteiger partial charge in [-0.2, -0.15) is 0 Å². The molecule has 150 valence electrons. The van der Waals surface area contributed by atoms with Gasteiger partial charge in [0.1, 0.15) is 17.9 Å². The molecule has 0 saturated carbocycles. The number of amides is 1. The van der Waals surface area contributed by atoms with Crippen molar-refractivity contribution in [3.8, 4) is 5.75 Å². The Balaban J connectivity index is 1.55.